The molecule has 0 fully saturated rings. The van der Waals surface area contributed by atoms with Crippen molar-refractivity contribution in [2.45, 2.75) is 11.1 Å². The third-order valence-corrected chi connectivity index (χ3v) is 4.09. The van der Waals surface area contributed by atoms with Crippen molar-refractivity contribution in [2.24, 2.45) is 0 Å². The average molecular weight is 251 g/mol. The Morgan fingerprint density at radius 1 is 1.25 bits per heavy atom. The molecule has 0 bridgehead atoms. The summed E-state index contributed by atoms with van der Waals surface area (Å²) in [4.78, 5) is -0.270. The van der Waals surface area contributed by atoms with Gasteiger partial charge in [-0.2, -0.15) is 13.2 Å². The first kappa shape index (κ1) is 11.3. The van der Waals surface area contributed by atoms with E-state index in [4.69, 9.17) is 0 Å². The monoisotopic (exact) mass is 251 g/mol. The van der Waals surface area contributed by atoms with Gasteiger partial charge in [0.2, 0.25) is 0 Å². The van der Waals surface area contributed by atoms with Gasteiger partial charge in [-0.05, 0) is 12.1 Å². The number of benzene rings is 1. The fraction of sp³-hybridized carbons (Fsp3) is 0.333. The molecular formula is C9H8F3NO2S. The van der Waals surface area contributed by atoms with Crippen LogP contribution in [0.3, 0.4) is 0 Å². The number of alkyl halides is 3. The summed E-state index contributed by atoms with van der Waals surface area (Å²) < 4.78 is 60.9. The summed E-state index contributed by atoms with van der Waals surface area (Å²) in [6.07, 6.45) is -4.55. The van der Waals surface area contributed by atoms with Crippen molar-refractivity contribution in [3.63, 3.8) is 0 Å². The minimum absolute atomic E-state index is 0.00241. The molecule has 2 rings (SSSR count). The number of nitrogens with one attached hydrogen (secondary N) is 1. The van der Waals surface area contributed by atoms with Crippen molar-refractivity contribution < 1.29 is 21.6 Å². The molecule has 1 aromatic rings. The van der Waals surface area contributed by atoms with Crippen LogP contribution in [-0.4, -0.2) is 20.7 Å². The standard InChI is InChI=1S/C9H8F3NO2S/c10-9(11,12)6-2-1-3-7-8(6)13-4-5-16(7,14)15/h1-3,13H,4-5H2. The topological polar surface area (TPSA) is 46.2 Å². The molecular weight excluding hydrogens is 243 g/mol. The molecule has 0 saturated carbocycles. The Labute approximate surface area is 90.2 Å². The van der Waals surface area contributed by atoms with Gasteiger partial charge >= 0.3 is 6.18 Å². The highest BCUT2D eigenvalue weighted by Gasteiger charge is 2.37. The van der Waals surface area contributed by atoms with Crippen molar-refractivity contribution in [1.29, 1.82) is 0 Å². The third-order valence-electron chi connectivity index (χ3n) is 2.34. The molecule has 0 atom stereocenters. The van der Waals surface area contributed by atoms with E-state index in [1.165, 1.54) is 6.07 Å². The molecule has 0 radical (unpaired) electrons. The quantitative estimate of drug-likeness (QED) is 0.766. The molecule has 0 saturated heterocycles. The zero-order valence-corrected chi connectivity index (χ0v) is 8.82. The van der Waals surface area contributed by atoms with Crippen molar-refractivity contribution in [3.8, 4) is 0 Å². The first-order valence-corrected chi connectivity index (χ1v) is 6.14. The van der Waals surface area contributed by atoms with Crippen LogP contribution in [-0.2, 0) is 16.0 Å². The second-order valence-electron chi connectivity index (χ2n) is 3.42. The molecule has 3 nitrogen and oxygen atoms in total. The van der Waals surface area contributed by atoms with Gasteiger partial charge in [-0.25, -0.2) is 8.42 Å². The molecule has 0 aliphatic carbocycles. The summed E-state index contributed by atoms with van der Waals surface area (Å²) in [5, 5.41) is 2.49. The van der Waals surface area contributed by atoms with Gasteiger partial charge in [0.05, 0.1) is 21.9 Å². The summed E-state index contributed by atoms with van der Waals surface area (Å²) in [6, 6.07) is 3.16. The number of hydrogen-bond acceptors (Lipinski definition) is 3. The Balaban J connectivity index is 2.70. The van der Waals surface area contributed by atoms with Crippen molar-refractivity contribution in [1.82, 2.24) is 0 Å². The summed E-state index contributed by atoms with van der Waals surface area (Å²) in [5.41, 5.74) is -1.27. The molecule has 1 N–H and O–H groups in total. The maximum atomic E-state index is 12.6. The maximum Gasteiger partial charge on any atom is 0.418 e. The minimum atomic E-state index is -4.55. The van der Waals surface area contributed by atoms with Crippen LogP contribution in [0.4, 0.5) is 18.9 Å². The fourth-order valence-corrected chi connectivity index (χ4v) is 3.00. The van der Waals surface area contributed by atoms with E-state index < -0.39 is 21.6 Å². The van der Waals surface area contributed by atoms with Gasteiger partial charge in [0.25, 0.3) is 0 Å². The highest BCUT2D eigenvalue weighted by molar-refractivity contribution is 7.91. The molecule has 0 unspecified atom stereocenters. The van der Waals surface area contributed by atoms with Gasteiger partial charge in [0.15, 0.2) is 9.84 Å². The zero-order valence-electron chi connectivity index (χ0n) is 8.00. The van der Waals surface area contributed by atoms with Gasteiger partial charge in [-0.15, -0.1) is 0 Å². The summed E-state index contributed by atoms with van der Waals surface area (Å²) >= 11 is 0. The van der Waals surface area contributed by atoms with Crippen LogP contribution in [0.15, 0.2) is 23.1 Å². The fourth-order valence-electron chi connectivity index (χ4n) is 1.63. The molecule has 16 heavy (non-hydrogen) atoms. The van der Waals surface area contributed by atoms with Crippen molar-refractivity contribution >= 4 is 15.5 Å². The molecule has 7 heteroatoms. The van der Waals surface area contributed by atoms with E-state index in [1.807, 2.05) is 0 Å². The molecule has 0 amide bonds. The smallest absolute Gasteiger partial charge is 0.382 e. The van der Waals surface area contributed by atoms with Crippen LogP contribution >= 0.6 is 0 Å². The van der Waals surface area contributed by atoms with E-state index in [0.717, 1.165) is 12.1 Å². The first-order valence-electron chi connectivity index (χ1n) is 4.49. The second kappa shape index (κ2) is 3.38. The lowest BCUT2D eigenvalue weighted by molar-refractivity contribution is -0.137. The zero-order chi connectivity index (χ0) is 12.0. The molecule has 88 valence electrons. The van der Waals surface area contributed by atoms with E-state index in [1.54, 1.807) is 0 Å². The molecule has 0 spiro atoms. The summed E-state index contributed by atoms with van der Waals surface area (Å²) in [6.45, 7) is 0.00241. The van der Waals surface area contributed by atoms with Gasteiger partial charge in [-0.3, -0.25) is 0 Å². The number of hydrogen-bond donors (Lipinski definition) is 1. The Hall–Kier alpha value is -1.24. The number of sulfone groups is 1. The molecule has 0 aromatic heterocycles. The van der Waals surface area contributed by atoms with Crippen LogP contribution in [0.25, 0.3) is 0 Å². The van der Waals surface area contributed by atoms with Crippen LogP contribution in [0.5, 0.6) is 0 Å². The van der Waals surface area contributed by atoms with Gasteiger partial charge in [0.1, 0.15) is 0 Å². The highest BCUT2D eigenvalue weighted by atomic mass is 32.2. The lowest BCUT2D eigenvalue weighted by Gasteiger charge is -2.22. The largest absolute Gasteiger partial charge is 0.418 e. The Morgan fingerprint density at radius 3 is 2.56 bits per heavy atom. The normalized spacial score (nSPS) is 18.7. The minimum Gasteiger partial charge on any atom is -0.382 e. The predicted molar refractivity (Wildman–Crippen MR) is 52.0 cm³/mol. The lowest BCUT2D eigenvalue weighted by atomic mass is 10.1. The Bertz CT molecular complexity index is 522. The van der Waals surface area contributed by atoms with E-state index >= 15 is 0 Å². The molecule has 1 aliphatic rings. The van der Waals surface area contributed by atoms with Crippen molar-refractivity contribution in [3.05, 3.63) is 23.8 Å². The number of anilines is 1. The number of fused-ring (bicyclic) bond motifs is 1. The van der Waals surface area contributed by atoms with E-state index in [9.17, 15) is 21.6 Å². The second-order valence-corrected chi connectivity index (χ2v) is 5.50. The van der Waals surface area contributed by atoms with Crippen LogP contribution in [0.1, 0.15) is 5.56 Å². The lowest BCUT2D eigenvalue weighted by Crippen LogP contribution is -2.25. The van der Waals surface area contributed by atoms with Crippen molar-refractivity contribution in [2.75, 3.05) is 17.6 Å². The van der Waals surface area contributed by atoms with Gasteiger partial charge in [-0.1, -0.05) is 6.07 Å². The van der Waals surface area contributed by atoms with Crippen LogP contribution in [0.2, 0.25) is 0 Å². The highest BCUT2D eigenvalue weighted by Crippen LogP contribution is 2.39. The Morgan fingerprint density at radius 2 is 1.94 bits per heavy atom. The molecule has 1 aliphatic heterocycles. The number of halogens is 3. The van der Waals surface area contributed by atoms with E-state index in [2.05, 4.69) is 5.32 Å². The van der Waals surface area contributed by atoms with Gasteiger partial charge < -0.3 is 5.32 Å². The average Bonchev–Trinajstić information content (AvgIpc) is 2.15. The number of rotatable bonds is 0. The third kappa shape index (κ3) is 1.75. The molecule has 1 heterocycles. The summed E-state index contributed by atoms with van der Waals surface area (Å²) in [7, 11) is -3.59. The van der Waals surface area contributed by atoms with Gasteiger partial charge in [0, 0.05) is 6.54 Å². The SMILES string of the molecule is O=S1(=O)CCNc2c(C(F)(F)F)cccc21. The Kier molecular flexibility index (Phi) is 2.37. The summed E-state index contributed by atoms with van der Waals surface area (Å²) in [5.74, 6) is -0.179. The van der Waals surface area contributed by atoms with E-state index in [-0.39, 0.29) is 22.9 Å². The first-order chi connectivity index (χ1) is 7.32. The maximum absolute atomic E-state index is 12.6. The van der Waals surface area contributed by atoms with Crippen LogP contribution < -0.4 is 5.32 Å². The molecule has 1 aromatic carbocycles. The predicted octanol–water partition coefficient (Wildman–Crippen LogP) is 1.90. The number of para-hydroxylation sites is 1. The van der Waals surface area contributed by atoms with Crippen LogP contribution in [0, 0.1) is 0 Å². The van der Waals surface area contributed by atoms with E-state index in [0.29, 0.717) is 0 Å².